The normalized spacial score (nSPS) is 20.4. The number of fused-ring (bicyclic) bond motifs is 2. The molecule has 4 aromatic rings. The summed E-state index contributed by atoms with van der Waals surface area (Å²) in [6, 6.07) is 11.0. The van der Waals surface area contributed by atoms with Crippen molar-refractivity contribution in [1.82, 2.24) is 14.8 Å². The lowest BCUT2D eigenvalue weighted by atomic mass is 9.66. The number of halogens is 2. The highest BCUT2D eigenvalue weighted by Crippen LogP contribution is 2.53. The summed E-state index contributed by atoms with van der Waals surface area (Å²) in [7, 11) is 0. The van der Waals surface area contributed by atoms with Crippen LogP contribution in [0.15, 0.2) is 36.5 Å². The third kappa shape index (κ3) is 3.18. The molecule has 34 heavy (non-hydrogen) atoms. The van der Waals surface area contributed by atoms with Gasteiger partial charge in [0.05, 0.1) is 23.3 Å². The van der Waals surface area contributed by atoms with Crippen LogP contribution < -0.4 is 0 Å². The lowest BCUT2D eigenvalue weighted by Crippen LogP contribution is -2.46. The van der Waals surface area contributed by atoms with Crippen LogP contribution in [0.2, 0.25) is 0 Å². The monoisotopic (exact) mass is 462 g/mol. The molecule has 1 saturated carbocycles. The Labute approximate surface area is 194 Å². The van der Waals surface area contributed by atoms with Crippen LogP contribution in [-0.2, 0) is 10.2 Å². The summed E-state index contributed by atoms with van der Waals surface area (Å²) in [6.07, 6.45) is 1.63. The van der Waals surface area contributed by atoms with E-state index in [1.165, 1.54) is 6.07 Å². The van der Waals surface area contributed by atoms with Crippen LogP contribution in [0, 0.1) is 24.1 Å². The Bertz CT molecular complexity index is 1500. The number of nitriles is 1. The van der Waals surface area contributed by atoms with Crippen LogP contribution in [0.25, 0.3) is 27.5 Å². The molecule has 1 aliphatic rings. The van der Waals surface area contributed by atoms with Crippen LogP contribution in [0.1, 0.15) is 55.8 Å². The Morgan fingerprint density at radius 1 is 1.35 bits per heavy atom. The molecule has 5 rings (SSSR count). The van der Waals surface area contributed by atoms with Gasteiger partial charge in [0, 0.05) is 34.0 Å². The number of carbonyl (C=O) groups is 1. The van der Waals surface area contributed by atoms with Gasteiger partial charge < -0.3 is 9.67 Å². The summed E-state index contributed by atoms with van der Waals surface area (Å²) in [5.74, 6) is -2.10. The van der Waals surface area contributed by atoms with Gasteiger partial charge in [-0.25, -0.2) is 13.6 Å². The Kier molecular flexibility index (Phi) is 4.80. The summed E-state index contributed by atoms with van der Waals surface area (Å²) in [5, 5.41) is 27.8. The molecule has 0 radical (unpaired) electrons. The van der Waals surface area contributed by atoms with E-state index in [0.29, 0.717) is 5.56 Å². The number of rotatable bonds is 5. The fourth-order valence-electron chi connectivity index (χ4n) is 5.25. The highest BCUT2D eigenvalue weighted by Gasteiger charge is 2.53. The fraction of sp³-hybridized carbons (Fsp3) is 0.346. The molecule has 0 amide bonds. The number of nitrogens with zero attached hydrogens (tertiary/aromatic N) is 3. The lowest BCUT2D eigenvalue weighted by molar-refractivity contribution is -0.158. The minimum absolute atomic E-state index is 0.138. The number of alkyl halides is 1. The predicted octanol–water partition coefficient (Wildman–Crippen LogP) is 5.82. The molecular weight excluding hydrogens is 438 g/mol. The number of aliphatic carboxylic acids is 1. The maximum absolute atomic E-state index is 14.9. The Balaban J connectivity index is 1.87. The first-order chi connectivity index (χ1) is 16.1. The van der Waals surface area contributed by atoms with Crippen LogP contribution in [-0.4, -0.2) is 31.5 Å². The molecule has 2 N–H and O–H groups in total. The van der Waals surface area contributed by atoms with Crippen molar-refractivity contribution in [2.24, 2.45) is 0 Å². The van der Waals surface area contributed by atoms with Gasteiger partial charge in [0.25, 0.3) is 0 Å². The number of aromatic amines is 1. The number of H-pyrrole nitrogens is 1. The zero-order chi connectivity index (χ0) is 24.4. The van der Waals surface area contributed by atoms with Crippen molar-refractivity contribution in [2.45, 2.75) is 57.0 Å². The third-order valence-electron chi connectivity index (χ3n) is 7.06. The van der Waals surface area contributed by atoms with Crippen molar-refractivity contribution in [1.29, 1.82) is 5.26 Å². The number of benzene rings is 2. The van der Waals surface area contributed by atoms with Crippen molar-refractivity contribution in [3.8, 4) is 11.8 Å². The van der Waals surface area contributed by atoms with E-state index < -0.39 is 17.1 Å². The number of hydrogen-bond acceptors (Lipinski definition) is 3. The average Bonchev–Trinajstić information content (AvgIpc) is 3.33. The van der Waals surface area contributed by atoms with E-state index in [-0.39, 0.29) is 31.0 Å². The zero-order valence-corrected chi connectivity index (χ0v) is 19.1. The number of aromatic nitrogens is 3. The largest absolute Gasteiger partial charge is 0.479 e. The summed E-state index contributed by atoms with van der Waals surface area (Å²) in [6.45, 7) is 5.59. The predicted molar refractivity (Wildman–Crippen MR) is 124 cm³/mol. The van der Waals surface area contributed by atoms with E-state index in [1.54, 1.807) is 25.3 Å². The molecule has 174 valence electrons. The average molecular weight is 463 g/mol. The quantitative estimate of drug-likeness (QED) is 0.391. The Morgan fingerprint density at radius 2 is 2.09 bits per heavy atom. The summed E-state index contributed by atoms with van der Waals surface area (Å²) >= 11 is 0. The maximum Gasteiger partial charge on any atom is 0.341 e. The summed E-state index contributed by atoms with van der Waals surface area (Å²) < 4.78 is 31.0. The second-order valence-corrected chi connectivity index (χ2v) is 9.95. The molecule has 0 saturated heterocycles. The topological polar surface area (TPSA) is 94.7 Å². The minimum Gasteiger partial charge on any atom is -0.479 e. The van der Waals surface area contributed by atoms with E-state index in [1.807, 2.05) is 30.5 Å². The molecule has 0 aliphatic heterocycles. The van der Waals surface area contributed by atoms with Gasteiger partial charge in [-0.1, -0.05) is 13.8 Å². The van der Waals surface area contributed by atoms with Crippen LogP contribution in [0.4, 0.5) is 8.78 Å². The zero-order valence-electron chi connectivity index (χ0n) is 19.1. The number of hydrogen-bond donors (Lipinski definition) is 2. The first-order valence-electron chi connectivity index (χ1n) is 11.1. The van der Waals surface area contributed by atoms with Gasteiger partial charge in [-0.05, 0) is 67.1 Å². The molecule has 0 atom stereocenters. The van der Waals surface area contributed by atoms with Gasteiger partial charge in [0.1, 0.15) is 5.82 Å². The molecule has 2 aromatic carbocycles. The van der Waals surface area contributed by atoms with E-state index in [9.17, 15) is 23.9 Å². The molecule has 6 nitrogen and oxygen atoms in total. The minimum atomic E-state index is -2.26. The second kappa shape index (κ2) is 7.39. The van der Waals surface area contributed by atoms with Gasteiger partial charge in [-0.2, -0.15) is 10.4 Å². The van der Waals surface area contributed by atoms with Gasteiger partial charge >= 0.3 is 5.97 Å². The smallest absolute Gasteiger partial charge is 0.341 e. The molecule has 2 aromatic heterocycles. The van der Waals surface area contributed by atoms with Crippen molar-refractivity contribution >= 4 is 27.8 Å². The van der Waals surface area contributed by atoms with Crippen molar-refractivity contribution in [3.63, 3.8) is 0 Å². The highest BCUT2D eigenvalue weighted by atomic mass is 19.1. The molecular formula is C26H24F2N4O2. The van der Waals surface area contributed by atoms with Crippen LogP contribution >= 0.6 is 0 Å². The number of carboxylic acids is 1. The number of aryl methyl sites for hydroxylation is 1. The summed E-state index contributed by atoms with van der Waals surface area (Å²) in [5.41, 5.74) is 1.57. The molecule has 1 aliphatic carbocycles. The Hall–Kier alpha value is -3.73. The molecule has 0 spiro atoms. The van der Waals surface area contributed by atoms with Crippen molar-refractivity contribution < 1.29 is 18.7 Å². The van der Waals surface area contributed by atoms with E-state index in [2.05, 4.69) is 16.3 Å². The van der Waals surface area contributed by atoms with E-state index >= 15 is 0 Å². The first-order valence-corrected chi connectivity index (χ1v) is 11.1. The SMILES string of the molecule is Cc1cc(-n2c(C(C)(C)CC#N)c(C3CC(F)(C(=O)O)C3)c3cc4[nH]ncc4cc32)ccc1F. The molecule has 1 fully saturated rings. The second-order valence-electron chi connectivity index (χ2n) is 9.95. The highest BCUT2D eigenvalue weighted by molar-refractivity contribution is 5.99. The van der Waals surface area contributed by atoms with Gasteiger partial charge in [-0.3, -0.25) is 5.10 Å². The first kappa shape index (κ1) is 22.1. The van der Waals surface area contributed by atoms with Crippen LogP contribution in [0.5, 0.6) is 0 Å². The number of nitrogens with one attached hydrogen (secondary N) is 1. The van der Waals surface area contributed by atoms with Gasteiger partial charge in [0.2, 0.25) is 5.67 Å². The van der Waals surface area contributed by atoms with Gasteiger partial charge in [0.15, 0.2) is 0 Å². The molecule has 0 bridgehead atoms. The van der Waals surface area contributed by atoms with Crippen molar-refractivity contribution in [2.75, 3.05) is 0 Å². The van der Waals surface area contributed by atoms with E-state index in [0.717, 1.165) is 38.8 Å². The van der Waals surface area contributed by atoms with Crippen LogP contribution in [0.3, 0.4) is 0 Å². The van der Waals surface area contributed by atoms with E-state index in [4.69, 9.17) is 0 Å². The fourth-order valence-corrected chi connectivity index (χ4v) is 5.25. The number of carboxylic acid groups (broad SMARTS) is 1. The lowest BCUT2D eigenvalue weighted by Gasteiger charge is -2.40. The molecule has 2 heterocycles. The maximum atomic E-state index is 14.9. The van der Waals surface area contributed by atoms with Gasteiger partial charge in [-0.15, -0.1) is 0 Å². The summed E-state index contributed by atoms with van der Waals surface area (Å²) in [4.78, 5) is 11.5. The molecule has 0 unspecified atom stereocenters. The van der Waals surface area contributed by atoms with Crippen molar-refractivity contribution in [3.05, 3.63) is 59.2 Å². The Morgan fingerprint density at radius 3 is 2.74 bits per heavy atom. The standard InChI is InChI=1S/C26H24F2N4O2/c1-14-8-17(4-5-19(14)27)32-21-9-15-13-30-31-20(15)10-18(21)22(23(32)25(2,3)6-7-29)16-11-26(28,12-16)24(33)34/h4-5,8-10,13,16H,6,11-12H2,1-3H3,(H,30,31)(H,33,34). The third-order valence-corrected chi connectivity index (χ3v) is 7.06. The molecule has 8 heteroatoms.